The summed E-state index contributed by atoms with van der Waals surface area (Å²) in [6.07, 6.45) is 54.6. The van der Waals surface area contributed by atoms with E-state index in [4.69, 9.17) is 9.84 Å². The van der Waals surface area contributed by atoms with E-state index in [1.807, 2.05) is 0 Å². The molecule has 0 rings (SSSR count). The number of carbonyl (C=O) groups is 2. The Bertz CT molecular complexity index is 798. The molecular weight excluding hydrogens is 617 g/mol. The molecule has 0 radical (unpaired) electrons. The second kappa shape index (κ2) is 41.6. The van der Waals surface area contributed by atoms with Crippen LogP contribution >= 0.6 is 0 Å². The molecule has 1 unspecified atom stereocenters. The first-order valence-electron chi connectivity index (χ1n) is 22.0. The number of aliphatic carboxylic acids is 1. The van der Waals surface area contributed by atoms with Crippen LogP contribution in [0.4, 0.5) is 0 Å². The lowest BCUT2D eigenvalue weighted by molar-refractivity contribution is -0.150. The van der Waals surface area contributed by atoms with Crippen LogP contribution in [0.1, 0.15) is 239 Å². The molecule has 0 fully saturated rings. The van der Waals surface area contributed by atoms with Crippen molar-refractivity contribution in [3.8, 4) is 0 Å². The molecule has 0 bridgehead atoms. The maximum Gasteiger partial charge on any atom is 0.306 e. The second-order valence-electron chi connectivity index (χ2n) is 14.9. The van der Waals surface area contributed by atoms with Crippen molar-refractivity contribution >= 4 is 11.9 Å². The number of unbranched alkanes of at least 4 members (excludes halogenated alkanes) is 25. The molecule has 0 aliphatic rings. The van der Waals surface area contributed by atoms with Gasteiger partial charge in [-0.1, -0.05) is 172 Å². The lowest BCUT2D eigenvalue weighted by Gasteiger charge is -2.18. The van der Waals surface area contributed by atoms with Gasteiger partial charge in [-0.25, -0.2) is 0 Å². The molecule has 0 aromatic heterocycles. The molecule has 0 spiro atoms. The highest BCUT2D eigenvalue weighted by Gasteiger charge is 2.14. The third kappa shape index (κ3) is 40.6. The number of carboxylic acids is 1. The Balaban J connectivity index is 3.96. The van der Waals surface area contributed by atoms with E-state index >= 15 is 0 Å². The van der Waals surface area contributed by atoms with Crippen molar-refractivity contribution in [3.05, 3.63) is 36.5 Å². The van der Waals surface area contributed by atoms with Gasteiger partial charge in [-0.05, 0) is 89.9 Å². The van der Waals surface area contributed by atoms with Gasteiger partial charge >= 0.3 is 11.9 Å². The van der Waals surface area contributed by atoms with Crippen LogP contribution in [-0.4, -0.2) is 23.1 Å². The topological polar surface area (TPSA) is 63.6 Å². The van der Waals surface area contributed by atoms with Crippen molar-refractivity contribution < 1.29 is 19.4 Å². The zero-order valence-corrected chi connectivity index (χ0v) is 33.5. The highest BCUT2D eigenvalue weighted by atomic mass is 16.5. The van der Waals surface area contributed by atoms with Crippen molar-refractivity contribution in [3.63, 3.8) is 0 Å². The Morgan fingerprint density at radius 1 is 0.440 bits per heavy atom. The zero-order valence-electron chi connectivity index (χ0n) is 33.5. The van der Waals surface area contributed by atoms with E-state index in [-0.39, 0.29) is 18.5 Å². The fourth-order valence-corrected chi connectivity index (χ4v) is 6.57. The minimum atomic E-state index is -0.704. The summed E-state index contributed by atoms with van der Waals surface area (Å²) in [4.78, 5) is 23.4. The first kappa shape index (κ1) is 48.2. The van der Waals surface area contributed by atoms with Crippen LogP contribution in [-0.2, 0) is 14.3 Å². The van der Waals surface area contributed by atoms with E-state index in [1.165, 1.54) is 135 Å². The van der Waals surface area contributed by atoms with Gasteiger partial charge in [0.15, 0.2) is 0 Å². The first-order valence-corrected chi connectivity index (χ1v) is 22.0. The van der Waals surface area contributed by atoms with Crippen LogP contribution in [0.5, 0.6) is 0 Å². The quantitative estimate of drug-likeness (QED) is 0.0393. The number of hydrogen-bond donors (Lipinski definition) is 1. The van der Waals surface area contributed by atoms with E-state index in [2.05, 4.69) is 50.3 Å². The molecular formula is C46H84O4. The molecule has 0 aromatic rings. The van der Waals surface area contributed by atoms with E-state index in [0.29, 0.717) is 6.42 Å². The summed E-state index contributed by atoms with van der Waals surface area (Å²) >= 11 is 0. The highest BCUT2D eigenvalue weighted by molar-refractivity contribution is 5.69. The fourth-order valence-electron chi connectivity index (χ4n) is 6.57. The van der Waals surface area contributed by atoms with Gasteiger partial charge in [0.1, 0.15) is 6.10 Å². The predicted molar refractivity (Wildman–Crippen MR) is 218 cm³/mol. The molecule has 4 nitrogen and oxygen atoms in total. The van der Waals surface area contributed by atoms with E-state index in [0.717, 1.165) is 77.0 Å². The Morgan fingerprint density at radius 3 is 1.28 bits per heavy atom. The lowest BCUT2D eigenvalue weighted by atomic mass is 10.0. The van der Waals surface area contributed by atoms with Gasteiger partial charge in [-0.3, -0.25) is 9.59 Å². The number of allylic oxidation sites excluding steroid dienone is 6. The molecule has 1 N–H and O–H groups in total. The van der Waals surface area contributed by atoms with Crippen LogP contribution in [0.15, 0.2) is 36.5 Å². The second-order valence-corrected chi connectivity index (χ2v) is 14.9. The summed E-state index contributed by atoms with van der Waals surface area (Å²) in [6.45, 7) is 4.54. The van der Waals surface area contributed by atoms with Crippen LogP contribution < -0.4 is 0 Å². The maximum absolute atomic E-state index is 12.7. The Labute approximate surface area is 311 Å². The van der Waals surface area contributed by atoms with Crippen LogP contribution in [0, 0.1) is 0 Å². The number of rotatable bonds is 40. The minimum Gasteiger partial charge on any atom is -0.481 e. The largest absolute Gasteiger partial charge is 0.481 e. The van der Waals surface area contributed by atoms with Crippen molar-refractivity contribution in [1.82, 2.24) is 0 Å². The van der Waals surface area contributed by atoms with Crippen LogP contribution in [0.3, 0.4) is 0 Å². The third-order valence-electron chi connectivity index (χ3n) is 9.83. The summed E-state index contributed by atoms with van der Waals surface area (Å²) in [5.74, 6) is -0.720. The van der Waals surface area contributed by atoms with Crippen LogP contribution in [0.2, 0.25) is 0 Å². The number of hydrogen-bond acceptors (Lipinski definition) is 3. The van der Waals surface area contributed by atoms with E-state index < -0.39 is 5.97 Å². The summed E-state index contributed by atoms with van der Waals surface area (Å²) in [5.41, 5.74) is 0. The normalized spacial score (nSPS) is 12.5. The number of carboxylic acid groups (broad SMARTS) is 1. The van der Waals surface area contributed by atoms with Crippen molar-refractivity contribution in [2.75, 3.05) is 0 Å². The number of ether oxygens (including phenoxy) is 1. The fraction of sp³-hybridized carbons (Fsp3) is 0.826. The molecule has 0 amide bonds. The number of carbonyl (C=O) groups excluding carboxylic acids is 1. The van der Waals surface area contributed by atoms with Crippen molar-refractivity contribution in [1.29, 1.82) is 0 Å². The van der Waals surface area contributed by atoms with E-state index in [1.54, 1.807) is 0 Å². The predicted octanol–water partition coefficient (Wildman–Crippen LogP) is 15.3. The highest BCUT2D eigenvalue weighted by Crippen LogP contribution is 2.18. The van der Waals surface area contributed by atoms with E-state index in [9.17, 15) is 9.59 Å². The Hall–Kier alpha value is -1.84. The summed E-state index contributed by atoms with van der Waals surface area (Å²) in [5, 5.41) is 8.83. The smallest absolute Gasteiger partial charge is 0.306 e. The Kier molecular flexibility index (Phi) is 40.0. The SMILES string of the molecule is CCCCCCC/C=C\C/C=C\CCCCCCCCCCCC(=O)OC(CCC/C=C\CCCCCCCC)CCCCCCCC(=O)O. The average molecular weight is 701 g/mol. The first-order chi connectivity index (χ1) is 24.6. The summed E-state index contributed by atoms with van der Waals surface area (Å²) < 4.78 is 6.00. The van der Waals surface area contributed by atoms with Crippen LogP contribution in [0.25, 0.3) is 0 Å². The molecule has 0 aromatic carbocycles. The van der Waals surface area contributed by atoms with Crippen molar-refractivity contribution in [2.45, 2.75) is 245 Å². The maximum atomic E-state index is 12.7. The van der Waals surface area contributed by atoms with Gasteiger partial charge in [-0.15, -0.1) is 0 Å². The molecule has 0 aliphatic carbocycles. The summed E-state index contributed by atoms with van der Waals surface area (Å²) in [6, 6.07) is 0. The van der Waals surface area contributed by atoms with Gasteiger partial charge in [0.25, 0.3) is 0 Å². The monoisotopic (exact) mass is 701 g/mol. The minimum absolute atomic E-state index is 0.0158. The lowest BCUT2D eigenvalue weighted by Crippen LogP contribution is -2.18. The molecule has 0 heterocycles. The average Bonchev–Trinajstić information content (AvgIpc) is 3.10. The number of esters is 1. The van der Waals surface area contributed by atoms with Gasteiger partial charge in [-0.2, -0.15) is 0 Å². The molecule has 0 saturated carbocycles. The molecule has 1 atom stereocenters. The van der Waals surface area contributed by atoms with Gasteiger partial charge in [0, 0.05) is 12.8 Å². The van der Waals surface area contributed by atoms with Gasteiger partial charge in [0.05, 0.1) is 0 Å². The zero-order chi connectivity index (χ0) is 36.4. The third-order valence-corrected chi connectivity index (χ3v) is 9.83. The molecule has 0 saturated heterocycles. The standard InChI is InChI=1S/C46H84O4/c1-3-5-7-9-11-13-15-16-17-18-19-20-21-22-23-24-26-28-30-35-39-43-46(49)50-44(41-37-33-31-34-38-42-45(47)48)40-36-32-29-27-25-14-12-10-8-6-4-2/h15-16,18-19,27,29,44H,3-14,17,20-26,28,30-43H2,1-2H3,(H,47,48)/b16-15-,19-18-,29-27-. The molecule has 4 heteroatoms. The Morgan fingerprint density at radius 2 is 0.800 bits per heavy atom. The van der Waals surface area contributed by atoms with Gasteiger partial charge in [0.2, 0.25) is 0 Å². The molecule has 50 heavy (non-hydrogen) atoms. The summed E-state index contributed by atoms with van der Waals surface area (Å²) in [7, 11) is 0. The van der Waals surface area contributed by atoms with Gasteiger partial charge < -0.3 is 9.84 Å². The molecule has 0 aliphatic heterocycles. The van der Waals surface area contributed by atoms with Crippen molar-refractivity contribution in [2.24, 2.45) is 0 Å². The molecule has 292 valence electrons.